The minimum absolute atomic E-state index is 0.149. The summed E-state index contributed by atoms with van der Waals surface area (Å²) in [4.78, 5) is 27.2. The molecule has 5 N–H and O–H groups in total. The summed E-state index contributed by atoms with van der Waals surface area (Å²) in [6, 6.07) is 3.25. The molecule has 1 aromatic heterocycles. The topological polar surface area (TPSA) is 123 Å². The van der Waals surface area contributed by atoms with Crippen LogP contribution in [0.1, 0.15) is 18.6 Å². The molecule has 0 saturated carbocycles. The highest BCUT2D eigenvalue weighted by Gasteiger charge is 2.13. The van der Waals surface area contributed by atoms with Crippen LogP contribution in [0.2, 0.25) is 0 Å². The maximum atomic E-state index is 10.9. The quantitative estimate of drug-likeness (QED) is 0.593. The molecule has 0 aromatic carbocycles. The summed E-state index contributed by atoms with van der Waals surface area (Å²) in [5, 5.41) is 9.34. The second kappa shape index (κ2) is 5.97. The zero-order chi connectivity index (χ0) is 13.7. The molecule has 2 amide bonds. The third-order valence-corrected chi connectivity index (χ3v) is 2.27. The van der Waals surface area contributed by atoms with E-state index in [1.165, 1.54) is 11.1 Å². The van der Waals surface area contributed by atoms with E-state index in [1.54, 1.807) is 19.1 Å². The predicted octanol–water partition coefficient (Wildman–Crippen LogP) is -1.09. The van der Waals surface area contributed by atoms with Crippen molar-refractivity contribution in [2.75, 3.05) is 18.0 Å². The first-order chi connectivity index (χ1) is 8.40. The summed E-state index contributed by atoms with van der Waals surface area (Å²) in [5.74, 6) is -0.771. The summed E-state index contributed by atoms with van der Waals surface area (Å²) in [7, 11) is 0. The van der Waals surface area contributed by atoms with Gasteiger partial charge in [0.15, 0.2) is 0 Å². The summed E-state index contributed by atoms with van der Waals surface area (Å²) in [6.07, 6.45) is 0.835. The Morgan fingerprint density at radius 1 is 1.33 bits per heavy atom. The van der Waals surface area contributed by atoms with Crippen molar-refractivity contribution in [3.63, 3.8) is 0 Å². The molecule has 7 nitrogen and oxygen atoms in total. The van der Waals surface area contributed by atoms with Gasteiger partial charge in [-0.25, -0.2) is 4.98 Å². The zero-order valence-corrected chi connectivity index (χ0v) is 10.0. The van der Waals surface area contributed by atoms with E-state index in [2.05, 4.69) is 4.98 Å². The van der Waals surface area contributed by atoms with Crippen molar-refractivity contribution in [3.05, 3.63) is 23.9 Å². The van der Waals surface area contributed by atoms with Crippen LogP contribution >= 0.6 is 0 Å². The fourth-order valence-corrected chi connectivity index (χ4v) is 1.43. The number of pyridine rings is 1. The lowest BCUT2D eigenvalue weighted by Gasteiger charge is -2.20. The number of rotatable bonds is 6. The second-order valence-corrected chi connectivity index (χ2v) is 3.91. The molecule has 0 saturated heterocycles. The van der Waals surface area contributed by atoms with E-state index in [4.69, 9.17) is 11.5 Å². The molecule has 0 bridgehead atoms. The highest BCUT2D eigenvalue weighted by Crippen LogP contribution is 2.15. The van der Waals surface area contributed by atoms with Crippen molar-refractivity contribution in [1.82, 2.24) is 4.98 Å². The number of hydrogen-bond donors (Lipinski definition) is 3. The number of amides is 2. The SMILES string of the molecule is CC(O)c1ccc(N(CC(N)=O)CC(N)=O)nc1. The summed E-state index contributed by atoms with van der Waals surface area (Å²) < 4.78 is 0. The third kappa shape index (κ3) is 4.02. The number of aliphatic hydroxyl groups excluding tert-OH is 1. The summed E-state index contributed by atoms with van der Waals surface area (Å²) in [5.41, 5.74) is 10.8. The van der Waals surface area contributed by atoms with E-state index in [9.17, 15) is 14.7 Å². The van der Waals surface area contributed by atoms with Crippen LogP contribution in [0.5, 0.6) is 0 Å². The van der Waals surface area contributed by atoms with Crippen molar-refractivity contribution in [2.24, 2.45) is 11.5 Å². The minimum Gasteiger partial charge on any atom is -0.389 e. The van der Waals surface area contributed by atoms with E-state index in [-0.39, 0.29) is 13.1 Å². The van der Waals surface area contributed by atoms with Crippen molar-refractivity contribution in [3.8, 4) is 0 Å². The van der Waals surface area contributed by atoms with Crippen LogP contribution < -0.4 is 16.4 Å². The highest BCUT2D eigenvalue weighted by atomic mass is 16.3. The normalized spacial score (nSPS) is 11.9. The van der Waals surface area contributed by atoms with Crippen molar-refractivity contribution in [1.29, 1.82) is 0 Å². The third-order valence-electron chi connectivity index (χ3n) is 2.27. The fourth-order valence-electron chi connectivity index (χ4n) is 1.43. The second-order valence-electron chi connectivity index (χ2n) is 3.91. The standard InChI is InChI=1S/C11H16N4O3/c1-7(16)8-2-3-11(14-4-8)15(5-9(12)17)6-10(13)18/h2-4,7,16H,5-6H2,1H3,(H2,12,17)(H2,13,18). The van der Waals surface area contributed by atoms with E-state index in [1.807, 2.05) is 0 Å². The molecular weight excluding hydrogens is 236 g/mol. The first-order valence-electron chi connectivity index (χ1n) is 5.35. The molecule has 0 aliphatic rings. The number of carbonyl (C=O) groups excluding carboxylic acids is 2. The lowest BCUT2D eigenvalue weighted by Crippen LogP contribution is -2.40. The average molecular weight is 252 g/mol. The molecule has 1 heterocycles. The summed E-state index contributed by atoms with van der Waals surface area (Å²) >= 11 is 0. The number of nitrogens with two attached hydrogens (primary N) is 2. The van der Waals surface area contributed by atoms with Crippen molar-refractivity contribution >= 4 is 17.6 Å². The Bertz CT molecular complexity index is 414. The van der Waals surface area contributed by atoms with Crippen molar-refractivity contribution < 1.29 is 14.7 Å². The Morgan fingerprint density at radius 3 is 2.22 bits per heavy atom. The Labute approximate surface area is 104 Å². The van der Waals surface area contributed by atoms with Gasteiger partial charge in [-0.05, 0) is 18.6 Å². The lowest BCUT2D eigenvalue weighted by molar-refractivity contribution is -0.117. The average Bonchev–Trinajstić information content (AvgIpc) is 2.27. The molecule has 0 spiro atoms. The van der Waals surface area contributed by atoms with Crippen LogP contribution in [0.25, 0.3) is 0 Å². The van der Waals surface area contributed by atoms with Gasteiger partial charge in [0.1, 0.15) is 5.82 Å². The molecule has 1 unspecified atom stereocenters. The largest absolute Gasteiger partial charge is 0.389 e. The number of aliphatic hydroxyl groups is 1. The molecule has 0 aliphatic carbocycles. The van der Waals surface area contributed by atoms with Crippen LogP contribution in [-0.4, -0.2) is 35.0 Å². The number of hydrogen-bond acceptors (Lipinski definition) is 5. The predicted molar refractivity (Wildman–Crippen MR) is 65.5 cm³/mol. The van der Waals surface area contributed by atoms with Gasteiger partial charge in [-0.15, -0.1) is 0 Å². The Kier molecular flexibility index (Phi) is 4.61. The van der Waals surface area contributed by atoms with Gasteiger partial charge in [-0.2, -0.15) is 0 Å². The minimum atomic E-state index is -0.632. The molecule has 1 rings (SSSR count). The van der Waals surface area contributed by atoms with E-state index < -0.39 is 17.9 Å². The van der Waals surface area contributed by atoms with Crippen LogP contribution in [0.4, 0.5) is 5.82 Å². The van der Waals surface area contributed by atoms with Gasteiger partial charge in [0.05, 0.1) is 19.2 Å². The van der Waals surface area contributed by atoms with E-state index in [0.29, 0.717) is 11.4 Å². The maximum Gasteiger partial charge on any atom is 0.237 e. The van der Waals surface area contributed by atoms with Gasteiger partial charge in [-0.1, -0.05) is 6.07 Å². The van der Waals surface area contributed by atoms with Gasteiger partial charge in [0.25, 0.3) is 0 Å². The number of carbonyl (C=O) groups is 2. The molecule has 7 heteroatoms. The molecule has 98 valence electrons. The molecule has 0 radical (unpaired) electrons. The van der Waals surface area contributed by atoms with Gasteiger partial charge in [-0.3, -0.25) is 9.59 Å². The van der Waals surface area contributed by atoms with Crippen LogP contribution in [0, 0.1) is 0 Å². The van der Waals surface area contributed by atoms with Gasteiger partial charge in [0.2, 0.25) is 11.8 Å². The monoisotopic (exact) mass is 252 g/mol. The number of primary amides is 2. The fraction of sp³-hybridized carbons (Fsp3) is 0.364. The highest BCUT2D eigenvalue weighted by molar-refractivity contribution is 5.84. The molecule has 1 atom stereocenters. The molecular formula is C11H16N4O3. The summed E-state index contributed by atoms with van der Waals surface area (Å²) in [6.45, 7) is 1.31. The van der Waals surface area contributed by atoms with Gasteiger partial charge >= 0.3 is 0 Å². The van der Waals surface area contributed by atoms with Crippen LogP contribution in [0.3, 0.4) is 0 Å². The van der Waals surface area contributed by atoms with Crippen LogP contribution in [0.15, 0.2) is 18.3 Å². The Balaban J connectivity index is 2.90. The Hall–Kier alpha value is -2.15. The molecule has 0 fully saturated rings. The van der Waals surface area contributed by atoms with Gasteiger partial charge < -0.3 is 21.5 Å². The Morgan fingerprint density at radius 2 is 1.89 bits per heavy atom. The van der Waals surface area contributed by atoms with Crippen molar-refractivity contribution in [2.45, 2.75) is 13.0 Å². The maximum absolute atomic E-state index is 10.9. The smallest absolute Gasteiger partial charge is 0.237 e. The number of nitrogens with zero attached hydrogens (tertiary/aromatic N) is 2. The van der Waals surface area contributed by atoms with E-state index >= 15 is 0 Å². The number of aromatic nitrogens is 1. The van der Waals surface area contributed by atoms with E-state index in [0.717, 1.165) is 0 Å². The molecule has 18 heavy (non-hydrogen) atoms. The first kappa shape index (κ1) is 13.9. The van der Waals surface area contributed by atoms with Crippen LogP contribution in [-0.2, 0) is 9.59 Å². The zero-order valence-electron chi connectivity index (χ0n) is 10.0. The molecule has 1 aromatic rings. The first-order valence-corrected chi connectivity index (χ1v) is 5.35. The van der Waals surface area contributed by atoms with Gasteiger partial charge in [0, 0.05) is 6.20 Å². The molecule has 0 aliphatic heterocycles. The number of anilines is 1. The lowest BCUT2D eigenvalue weighted by atomic mass is 10.2.